The van der Waals surface area contributed by atoms with Gasteiger partial charge >= 0.3 is 0 Å². The molecule has 1 aliphatic carbocycles. The van der Waals surface area contributed by atoms with Gasteiger partial charge in [0.1, 0.15) is 5.75 Å². The maximum atomic E-state index is 9.36. The van der Waals surface area contributed by atoms with Crippen LogP contribution in [-0.4, -0.2) is 15.2 Å². The molecule has 1 aliphatic rings. The third-order valence-corrected chi connectivity index (χ3v) is 3.00. The number of hydrogen-bond donors (Lipinski definition) is 1. The second-order valence-corrected chi connectivity index (χ2v) is 4.13. The maximum Gasteiger partial charge on any atom is 0.230 e. The van der Waals surface area contributed by atoms with Crippen molar-refractivity contribution in [3.63, 3.8) is 0 Å². The molecule has 0 saturated heterocycles. The van der Waals surface area contributed by atoms with E-state index in [2.05, 4.69) is 10.1 Å². The molecule has 1 aromatic carbocycles. The van der Waals surface area contributed by atoms with E-state index >= 15 is 0 Å². The summed E-state index contributed by atoms with van der Waals surface area (Å²) in [4.78, 5) is 4.35. The third-order valence-electron chi connectivity index (χ3n) is 3.00. The Bertz CT molecular complexity index is 503. The van der Waals surface area contributed by atoms with Gasteiger partial charge in [0.25, 0.3) is 0 Å². The lowest BCUT2D eigenvalue weighted by Crippen LogP contribution is -2.08. The summed E-state index contributed by atoms with van der Waals surface area (Å²) < 4.78 is 5.22. The molecule has 4 nitrogen and oxygen atoms in total. The molecule has 4 heteroatoms. The number of aromatic hydroxyl groups is 1. The molecule has 1 fully saturated rings. The molecule has 0 atom stereocenters. The number of benzene rings is 1. The van der Waals surface area contributed by atoms with Gasteiger partial charge in [-0.3, -0.25) is 0 Å². The van der Waals surface area contributed by atoms with Crippen LogP contribution >= 0.6 is 0 Å². The van der Waals surface area contributed by atoms with Crippen molar-refractivity contribution in [1.29, 1.82) is 0 Å². The number of nitrogens with zero attached hydrogens (tertiary/aromatic N) is 2. The number of phenolic OH excluding ortho intramolecular Hbond substituents is 1. The number of hydrogen-bond acceptors (Lipinski definition) is 4. The molecule has 2 aromatic rings. The minimum absolute atomic E-state index is 0.215. The lowest BCUT2D eigenvalue weighted by atomic mass is 9.85. The van der Waals surface area contributed by atoms with Crippen molar-refractivity contribution in [1.82, 2.24) is 10.1 Å². The lowest BCUT2D eigenvalue weighted by Gasteiger charge is -2.20. The summed E-state index contributed by atoms with van der Waals surface area (Å²) >= 11 is 0. The molecule has 1 saturated carbocycles. The first-order chi connectivity index (χ1) is 7.83. The van der Waals surface area contributed by atoms with E-state index < -0.39 is 0 Å². The van der Waals surface area contributed by atoms with Gasteiger partial charge in [-0.05, 0) is 25.0 Å². The van der Waals surface area contributed by atoms with E-state index in [1.54, 1.807) is 18.2 Å². The van der Waals surface area contributed by atoms with Crippen molar-refractivity contribution < 1.29 is 9.63 Å². The van der Waals surface area contributed by atoms with Gasteiger partial charge in [0.2, 0.25) is 11.7 Å². The van der Waals surface area contributed by atoms with Crippen LogP contribution in [-0.2, 0) is 0 Å². The highest BCUT2D eigenvalue weighted by molar-refractivity contribution is 5.56. The molecule has 0 unspecified atom stereocenters. The Hall–Kier alpha value is -1.84. The van der Waals surface area contributed by atoms with Gasteiger partial charge in [0, 0.05) is 11.5 Å². The molecule has 3 rings (SSSR count). The molecule has 0 bridgehead atoms. The van der Waals surface area contributed by atoms with Crippen molar-refractivity contribution in [3.05, 3.63) is 30.2 Å². The normalized spacial score (nSPS) is 16.0. The van der Waals surface area contributed by atoms with Gasteiger partial charge in [0.15, 0.2) is 0 Å². The first-order valence-electron chi connectivity index (χ1n) is 5.46. The van der Waals surface area contributed by atoms with Crippen LogP contribution in [0.4, 0.5) is 0 Å². The quantitative estimate of drug-likeness (QED) is 0.838. The molecule has 1 aromatic heterocycles. The summed E-state index contributed by atoms with van der Waals surface area (Å²) in [6.07, 6.45) is 3.53. The minimum atomic E-state index is 0.215. The van der Waals surface area contributed by atoms with Gasteiger partial charge in [-0.25, -0.2) is 0 Å². The second kappa shape index (κ2) is 3.63. The molecule has 0 aliphatic heterocycles. The second-order valence-electron chi connectivity index (χ2n) is 4.13. The Balaban J connectivity index is 1.91. The largest absolute Gasteiger partial charge is 0.508 e. The van der Waals surface area contributed by atoms with Crippen molar-refractivity contribution in [2.24, 2.45) is 0 Å². The molecule has 0 spiro atoms. The van der Waals surface area contributed by atoms with Gasteiger partial charge in [-0.2, -0.15) is 4.98 Å². The molecule has 82 valence electrons. The van der Waals surface area contributed by atoms with E-state index in [0.717, 1.165) is 24.3 Å². The fourth-order valence-electron chi connectivity index (χ4n) is 1.82. The van der Waals surface area contributed by atoms with E-state index in [1.807, 2.05) is 6.07 Å². The minimum Gasteiger partial charge on any atom is -0.508 e. The molecule has 1 heterocycles. The molecule has 1 N–H and O–H groups in total. The Morgan fingerprint density at radius 1 is 1.31 bits per heavy atom. The van der Waals surface area contributed by atoms with Gasteiger partial charge in [-0.1, -0.05) is 23.7 Å². The highest BCUT2D eigenvalue weighted by Crippen LogP contribution is 2.36. The van der Waals surface area contributed by atoms with Crippen LogP contribution in [0.15, 0.2) is 28.8 Å². The molecule has 16 heavy (non-hydrogen) atoms. The van der Waals surface area contributed by atoms with Crippen molar-refractivity contribution in [2.45, 2.75) is 25.2 Å². The standard InChI is InChI=1S/C12H12N2O2/c15-10-6-2-5-9(7-10)11-13-12(16-14-11)8-3-1-4-8/h2,5-8,15H,1,3-4H2. The van der Waals surface area contributed by atoms with E-state index in [0.29, 0.717) is 11.7 Å². The van der Waals surface area contributed by atoms with Gasteiger partial charge in [-0.15, -0.1) is 0 Å². The molecule has 0 amide bonds. The smallest absolute Gasteiger partial charge is 0.230 e. The monoisotopic (exact) mass is 216 g/mol. The topological polar surface area (TPSA) is 59.2 Å². The fourth-order valence-corrected chi connectivity index (χ4v) is 1.82. The van der Waals surface area contributed by atoms with Crippen molar-refractivity contribution in [3.8, 4) is 17.1 Å². The summed E-state index contributed by atoms with van der Waals surface area (Å²) in [6.45, 7) is 0. The summed E-state index contributed by atoms with van der Waals surface area (Å²) in [5.74, 6) is 1.94. The van der Waals surface area contributed by atoms with E-state index in [-0.39, 0.29) is 5.75 Å². The van der Waals surface area contributed by atoms with Crippen LogP contribution in [0.25, 0.3) is 11.4 Å². The van der Waals surface area contributed by atoms with Crippen molar-refractivity contribution >= 4 is 0 Å². The Kier molecular flexibility index (Phi) is 2.13. The summed E-state index contributed by atoms with van der Waals surface area (Å²) in [7, 11) is 0. The average molecular weight is 216 g/mol. The Morgan fingerprint density at radius 2 is 2.19 bits per heavy atom. The maximum absolute atomic E-state index is 9.36. The molecular formula is C12H12N2O2. The first kappa shape index (κ1) is 9.39. The SMILES string of the molecule is Oc1cccc(-c2noc(C3CCC3)n2)c1. The summed E-state index contributed by atoms with van der Waals surface area (Å²) in [6, 6.07) is 6.88. The highest BCUT2D eigenvalue weighted by atomic mass is 16.5. The number of rotatable bonds is 2. The van der Waals surface area contributed by atoms with E-state index in [1.165, 1.54) is 6.42 Å². The van der Waals surface area contributed by atoms with E-state index in [4.69, 9.17) is 4.52 Å². The van der Waals surface area contributed by atoms with Crippen LogP contribution in [0.3, 0.4) is 0 Å². The zero-order valence-corrected chi connectivity index (χ0v) is 8.76. The summed E-state index contributed by atoms with van der Waals surface area (Å²) in [5.41, 5.74) is 0.786. The zero-order valence-electron chi connectivity index (χ0n) is 8.76. The van der Waals surface area contributed by atoms with Crippen LogP contribution in [0.5, 0.6) is 5.75 Å². The average Bonchev–Trinajstić information content (AvgIpc) is 2.64. The Morgan fingerprint density at radius 3 is 2.88 bits per heavy atom. The molecular weight excluding hydrogens is 204 g/mol. The lowest BCUT2D eigenvalue weighted by molar-refractivity contribution is 0.292. The molecule has 0 radical (unpaired) electrons. The predicted molar refractivity (Wildman–Crippen MR) is 58.0 cm³/mol. The van der Waals surface area contributed by atoms with Gasteiger partial charge < -0.3 is 9.63 Å². The highest BCUT2D eigenvalue weighted by Gasteiger charge is 2.25. The van der Waals surface area contributed by atoms with Gasteiger partial charge in [0.05, 0.1) is 0 Å². The Labute approximate surface area is 92.9 Å². The fraction of sp³-hybridized carbons (Fsp3) is 0.333. The van der Waals surface area contributed by atoms with Crippen LogP contribution < -0.4 is 0 Å². The number of aromatic nitrogens is 2. The van der Waals surface area contributed by atoms with Crippen LogP contribution in [0, 0.1) is 0 Å². The third kappa shape index (κ3) is 1.56. The van der Waals surface area contributed by atoms with E-state index in [9.17, 15) is 5.11 Å². The zero-order chi connectivity index (χ0) is 11.0. The predicted octanol–water partition coefficient (Wildman–Crippen LogP) is 2.71. The van der Waals surface area contributed by atoms with Crippen LogP contribution in [0.2, 0.25) is 0 Å². The summed E-state index contributed by atoms with van der Waals surface area (Å²) in [5, 5.41) is 13.3. The number of phenols is 1. The first-order valence-corrected chi connectivity index (χ1v) is 5.46. The van der Waals surface area contributed by atoms with Crippen LogP contribution in [0.1, 0.15) is 31.1 Å². The van der Waals surface area contributed by atoms with Crippen molar-refractivity contribution in [2.75, 3.05) is 0 Å².